The van der Waals surface area contributed by atoms with E-state index < -0.39 is 36.9 Å². The van der Waals surface area contributed by atoms with E-state index in [0.717, 1.165) is 44.9 Å². The number of aliphatic hydroxyl groups excluding tert-OH is 4. The van der Waals surface area contributed by atoms with Crippen molar-refractivity contribution in [1.29, 1.82) is 0 Å². The Hall–Kier alpha value is -0.950. The van der Waals surface area contributed by atoms with E-state index in [1.54, 1.807) is 0 Å². The molecular formula is C52H103NO5. The second-order valence-electron chi connectivity index (χ2n) is 18.2. The molecular weight excluding hydrogens is 719 g/mol. The third-order valence-electron chi connectivity index (χ3n) is 12.5. The molecule has 0 aromatic carbocycles. The van der Waals surface area contributed by atoms with Crippen molar-refractivity contribution in [1.82, 2.24) is 5.32 Å². The van der Waals surface area contributed by atoms with E-state index in [0.29, 0.717) is 12.8 Å². The number of allylic oxidation sites excluding steroid dienone is 2. The molecule has 6 heteroatoms. The highest BCUT2D eigenvalue weighted by Gasteiger charge is 2.28. The summed E-state index contributed by atoms with van der Waals surface area (Å²) >= 11 is 0. The molecule has 0 aliphatic heterocycles. The number of carbonyl (C=O) groups excluding carboxylic acids is 1. The standard InChI is InChI=1S/C52H103NO5/c1-3-5-7-9-11-13-15-17-19-21-23-24-25-26-28-29-31-33-35-37-39-41-43-45-49(55)51(57)48(47-54)53-52(58)50(56)46-44-42-40-38-36-34-32-30-27-22-20-18-16-14-12-10-8-6-4-2/h27,30,48-51,54-57H,3-26,28-29,31-47H2,1-2H3,(H,53,58)/b30-27-. The minimum atomic E-state index is -1.26. The summed E-state index contributed by atoms with van der Waals surface area (Å²) in [5.41, 5.74) is 0. The van der Waals surface area contributed by atoms with Crippen LogP contribution < -0.4 is 5.32 Å². The van der Waals surface area contributed by atoms with E-state index in [-0.39, 0.29) is 0 Å². The Morgan fingerprint density at radius 2 is 0.690 bits per heavy atom. The summed E-state index contributed by atoms with van der Waals surface area (Å²) in [6.45, 7) is 4.08. The first-order valence-corrected chi connectivity index (χ1v) is 26.1. The minimum absolute atomic E-state index is 0.365. The summed E-state index contributed by atoms with van der Waals surface area (Å²) in [7, 11) is 0. The summed E-state index contributed by atoms with van der Waals surface area (Å²) in [4.78, 5) is 12.6. The van der Waals surface area contributed by atoms with E-state index >= 15 is 0 Å². The van der Waals surface area contributed by atoms with Gasteiger partial charge in [0.15, 0.2) is 0 Å². The molecule has 0 aliphatic carbocycles. The minimum Gasteiger partial charge on any atom is -0.394 e. The highest BCUT2D eigenvalue weighted by molar-refractivity contribution is 5.80. The van der Waals surface area contributed by atoms with Crippen LogP contribution in [-0.2, 0) is 4.79 Å². The van der Waals surface area contributed by atoms with Crippen LogP contribution >= 0.6 is 0 Å². The zero-order chi connectivity index (χ0) is 42.4. The molecule has 4 atom stereocenters. The number of hydrogen-bond donors (Lipinski definition) is 5. The van der Waals surface area contributed by atoms with Crippen LogP contribution in [-0.4, -0.2) is 57.3 Å². The molecule has 0 bridgehead atoms. The number of unbranched alkanes of at least 4 members (excludes halogenated alkanes) is 37. The van der Waals surface area contributed by atoms with Gasteiger partial charge in [0.25, 0.3) is 0 Å². The van der Waals surface area contributed by atoms with Gasteiger partial charge in [-0.1, -0.05) is 257 Å². The second kappa shape index (κ2) is 47.1. The Morgan fingerprint density at radius 3 is 1.00 bits per heavy atom. The molecule has 5 N–H and O–H groups in total. The van der Waals surface area contributed by atoms with Crippen molar-refractivity contribution in [3.8, 4) is 0 Å². The lowest BCUT2D eigenvalue weighted by Gasteiger charge is -2.27. The van der Waals surface area contributed by atoms with Crippen LogP contribution in [0.15, 0.2) is 12.2 Å². The predicted molar refractivity (Wildman–Crippen MR) is 251 cm³/mol. The van der Waals surface area contributed by atoms with Crippen molar-refractivity contribution in [2.24, 2.45) is 0 Å². The summed E-state index contributed by atoms with van der Waals surface area (Å²) in [6, 6.07) is -0.985. The quantitative estimate of drug-likeness (QED) is 0.0310. The third kappa shape index (κ3) is 40.5. The van der Waals surface area contributed by atoms with E-state index in [1.165, 1.54) is 212 Å². The van der Waals surface area contributed by atoms with Gasteiger partial charge in [-0.3, -0.25) is 4.79 Å². The highest BCUT2D eigenvalue weighted by atomic mass is 16.3. The van der Waals surface area contributed by atoms with E-state index in [1.807, 2.05) is 0 Å². The fourth-order valence-corrected chi connectivity index (χ4v) is 8.34. The van der Waals surface area contributed by atoms with Gasteiger partial charge in [0.1, 0.15) is 12.2 Å². The number of rotatable bonds is 48. The lowest BCUT2D eigenvalue weighted by Crippen LogP contribution is -2.53. The van der Waals surface area contributed by atoms with Crippen molar-refractivity contribution < 1.29 is 25.2 Å². The van der Waals surface area contributed by atoms with E-state index in [9.17, 15) is 25.2 Å². The van der Waals surface area contributed by atoms with E-state index in [2.05, 4.69) is 31.3 Å². The van der Waals surface area contributed by atoms with Crippen LogP contribution in [0.1, 0.15) is 284 Å². The van der Waals surface area contributed by atoms with Crippen LogP contribution in [0, 0.1) is 0 Å². The zero-order valence-corrected chi connectivity index (χ0v) is 39.1. The van der Waals surface area contributed by atoms with Gasteiger partial charge < -0.3 is 25.7 Å². The van der Waals surface area contributed by atoms with Crippen molar-refractivity contribution in [3.63, 3.8) is 0 Å². The van der Waals surface area contributed by atoms with Gasteiger partial charge in [-0.25, -0.2) is 0 Å². The van der Waals surface area contributed by atoms with Gasteiger partial charge in [0, 0.05) is 0 Å². The first-order chi connectivity index (χ1) is 28.5. The van der Waals surface area contributed by atoms with Gasteiger partial charge in [0.2, 0.25) is 5.91 Å². The fraction of sp³-hybridized carbons (Fsp3) is 0.942. The van der Waals surface area contributed by atoms with Crippen LogP contribution in [0.3, 0.4) is 0 Å². The molecule has 0 saturated heterocycles. The van der Waals surface area contributed by atoms with Gasteiger partial charge in [-0.2, -0.15) is 0 Å². The maximum Gasteiger partial charge on any atom is 0.249 e. The SMILES string of the molecule is CCCCCCCCCCC/C=C\CCCCCCCCC(O)C(=O)NC(CO)C(O)C(O)CCCCCCCCCCCCCCCCCCCCCCCCC. The monoisotopic (exact) mass is 822 g/mol. The summed E-state index contributed by atoms with van der Waals surface area (Å²) in [6.07, 6.45) is 54.0. The molecule has 346 valence electrons. The first-order valence-electron chi connectivity index (χ1n) is 26.1. The number of carbonyl (C=O) groups is 1. The zero-order valence-electron chi connectivity index (χ0n) is 39.1. The van der Waals surface area contributed by atoms with Crippen molar-refractivity contribution >= 4 is 5.91 Å². The Labute approximate surface area is 362 Å². The Balaban J connectivity index is 3.65. The summed E-state index contributed by atoms with van der Waals surface area (Å²) in [5.74, 6) is -0.584. The lowest BCUT2D eigenvalue weighted by molar-refractivity contribution is -0.132. The average molecular weight is 822 g/mol. The molecule has 0 aromatic rings. The molecule has 0 radical (unpaired) electrons. The molecule has 6 nitrogen and oxygen atoms in total. The molecule has 0 aliphatic rings. The lowest BCUT2D eigenvalue weighted by atomic mass is 9.99. The fourth-order valence-electron chi connectivity index (χ4n) is 8.34. The first kappa shape index (κ1) is 57.1. The maximum atomic E-state index is 12.6. The molecule has 0 aromatic heterocycles. The number of amides is 1. The molecule has 4 unspecified atom stereocenters. The van der Waals surface area contributed by atoms with Crippen molar-refractivity contribution in [2.75, 3.05) is 6.61 Å². The Morgan fingerprint density at radius 1 is 0.414 bits per heavy atom. The molecule has 0 rings (SSSR count). The Bertz CT molecular complexity index is 837. The van der Waals surface area contributed by atoms with Gasteiger partial charge in [-0.05, 0) is 38.5 Å². The highest BCUT2D eigenvalue weighted by Crippen LogP contribution is 2.18. The average Bonchev–Trinajstić information content (AvgIpc) is 3.23. The van der Waals surface area contributed by atoms with Crippen molar-refractivity contribution in [2.45, 2.75) is 308 Å². The van der Waals surface area contributed by atoms with Crippen LogP contribution in [0.25, 0.3) is 0 Å². The maximum absolute atomic E-state index is 12.6. The molecule has 0 saturated carbocycles. The molecule has 0 spiro atoms. The van der Waals surface area contributed by atoms with Crippen LogP contribution in [0.4, 0.5) is 0 Å². The molecule has 0 fully saturated rings. The normalized spacial score (nSPS) is 14.0. The smallest absolute Gasteiger partial charge is 0.249 e. The molecule has 1 amide bonds. The number of hydrogen-bond acceptors (Lipinski definition) is 5. The predicted octanol–water partition coefficient (Wildman–Crippen LogP) is 14.5. The molecule has 58 heavy (non-hydrogen) atoms. The second-order valence-corrected chi connectivity index (χ2v) is 18.2. The summed E-state index contributed by atoms with van der Waals surface area (Å²) < 4.78 is 0. The van der Waals surface area contributed by atoms with E-state index in [4.69, 9.17) is 0 Å². The van der Waals surface area contributed by atoms with Crippen LogP contribution in [0.5, 0.6) is 0 Å². The number of nitrogens with one attached hydrogen (secondary N) is 1. The summed E-state index contributed by atoms with van der Waals surface area (Å²) in [5, 5.41) is 43.9. The Kier molecular flexibility index (Phi) is 46.3. The topological polar surface area (TPSA) is 110 Å². The molecule has 0 heterocycles. The third-order valence-corrected chi connectivity index (χ3v) is 12.5. The van der Waals surface area contributed by atoms with Gasteiger partial charge in [-0.15, -0.1) is 0 Å². The van der Waals surface area contributed by atoms with Crippen LogP contribution in [0.2, 0.25) is 0 Å². The van der Waals surface area contributed by atoms with Gasteiger partial charge in [0.05, 0.1) is 18.8 Å². The number of aliphatic hydroxyl groups is 4. The largest absolute Gasteiger partial charge is 0.394 e. The van der Waals surface area contributed by atoms with Crippen molar-refractivity contribution in [3.05, 3.63) is 12.2 Å². The van der Waals surface area contributed by atoms with Gasteiger partial charge >= 0.3 is 0 Å².